The first kappa shape index (κ1) is 11.6. The first-order chi connectivity index (χ1) is 8.24. The highest BCUT2D eigenvalue weighted by Crippen LogP contribution is 2.28. The summed E-state index contributed by atoms with van der Waals surface area (Å²) in [5.41, 5.74) is 1.69. The monoisotopic (exact) mass is 234 g/mol. The average Bonchev–Trinajstić information content (AvgIpc) is 2.79. The Hall–Kier alpha value is -1.91. The van der Waals surface area contributed by atoms with E-state index in [0.29, 0.717) is 6.61 Å². The molecule has 0 N–H and O–H groups in total. The molecule has 0 fully saturated rings. The van der Waals surface area contributed by atoms with E-state index in [-0.39, 0.29) is 5.97 Å². The maximum Gasteiger partial charge on any atom is 0.335 e. The van der Waals surface area contributed by atoms with Crippen molar-refractivity contribution < 1.29 is 14.3 Å². The molecule has 2 atom stereocenters. The molecule has 90 valence electrons. The van der Waals surface area contributed by atoms with Gasteiger partial charge in [-0.1, -0.05) is 6.07 Å². The van der Waals surface area contributed by atoms with Gasteiger partial charge < -0.3 is 9.47 Å². The van der Waals surface area contributed by atoms with E-state index < -0.39 is 12.1 Å². The topological polar surface area (TPSA) is 60.8 Å². The highest BCUT2D eigenvalue weighted by molar-refractivity contribution is 5.80. The molecule has 1 aromatic heterocycles. The summed E-state index contributed by atoms with van der Waals surface area (Å²) in [4.78, 5) is 19.9. The molecule has 5 heteroatoms. The van der Waals surface area contributed by atoms with Gasteiger partial charge >= 0.3 is 5.97 Å². The number of carbonyl (C=O) groups excluding carboxylic acids is 1. The number of esters is 1. The number of rotatable bonds is 3. The summed E-state index contributed by atoms with van der Waals surface area (Å²) in [6, 6.07) is 3.11. The molecule has 1 aliphatic rings. The second-order valence-electron chi connectivity index (χ2n) is 3.71. The van der Waals surface area contributed by atoms with Gasteiger partial charge in [-0.3, -0.25) is 4.98 Å². The Balaban J connectivity index is 2.22. The van der Waals surface area contributed by atoms with Crippen molar-refractivity contribution in [3.8, 4) is 0 Å². The van der Waals surface area contributed by atoms with Crippen LogP contribution >= 0.6 is 0 Å². The highest BCUT2D eigenvalue weighted by Gasteiger charge is 2.36. The molecule has 5 nitrogen and oxygen atoms in total. The molecule has 2 heterocycles. The van der Waals surface area contributed by atoms with Crippen molar-refractivity contribution in [2.75, 3.05) is 6.61 Å². The van der Waals surface area contributed by atoms with Gasteiger partial charge in [0.25, 0.3) is 0 Å². The van der Waals surface area contributed by atoms with Gasteiger partial charge in [-0.05, 0) is 25.5 Å². The van der Waals surface area contributed by atoms with Crippen molar-refractivity contribution in [2.45, 2.75) is 26.0 Å². The standard InChI is InChI=1S/C12H14N2O3/c1-3-16-12(15)10-11(17-7-14-10)9-8(2)5-4-6-13-9/h4-7,10-11H,3H2,1-2H3/t10-,11-/m0/s1. The Morgan fingerprint density at radius 3 is 3.12 bits per heavy atom. The second-order valence-corrected chi connectivity index (χ2v) is 3.71. The zero-order valence-corrected chi connectivity index (χ0v) is 9.79. The Bertz CT molecular complexity index is 445. The number of aryl methyl sites for hydroxylation is 1. The van der Waals surface area contributed by atoms with Gasteiger partial charge in [-0.25, -0.2) is 9.79 Å². The second kappa shape index (κ2) is 4.95. The SMILES string of the molecule is CCOC(=O)[C@H]1N=CO[C@H]1c1ncccc1C. The van der Waals surface area contributed by atoms with E-state index in [4.69, 9.17) is 9.47 Å². The molecule has 0 saturated carbocycles. The third kappa shape index (κ3) is 2.27. The van der Waals surface area contributed by atoms with Crippen LogP contribution < -0.4 is 0 Å². The minimum Gasteiger partial charge on any atom is -0.471 e. The van der Waals surface area contributed by atoms with Crippen LogP contribution in [0.2, 0.25) is 0 Å². The Morgan fingerprint density at radius 2 is 2.41 bits per heavy atom. The lowest BCUT2D eigenvalue weighted by Crippen LogP contribution is -2.27. The molecule has 0 bridgehead atoms. The lowest BCUT2D eigenvalue weighted by atomic mass is 10.0. The van der Waals surface area contributed by atoms with Gasteiger partial charge in [0, 0.05) is 6.20 Å². The summed E-state index contributed by atoms with van der Waals surface area (Å²) in [6.45, 7) is 4.02. The van der Waals surface area contributed by atoms with E-state index in [9.17, 15) is 4.79 Å². The number of carbonyl (C=O) groups is 1. The molecule has 1 aromatic rings. The summed E-state index contributed by atoms with van der Waals surface area (Å²) >= 11 is 0. The van der Waals surface area contributed by atoms with Gasteiger partial charge in [0.1, 0.15) is 0 Å². The molecule has 0 saturated heterocycles. The average molecular weight is 234 g/mol. The molecule has 0 unspecified atom stereocenters. The molecule has 0 aliphatic carbocycles. The quantitative estimate of drug-likeness (QED) is 0.742. The fourth-order valence-electron chi connectivity index (χ4n) is 1.74. The predicted octanol–water partition coefficient (Wildman–Crippen LogP) is 1.42. The number of nitrogens with zero attached hydrogens (tertiary/aromatic N) is 2. The molecule has 1 aliphatic heterocycles. The molecular weight excluding hydrogens is 220 g/mol. The molecular formula is C12H14N2O3. The lowest BCUT2D eigenvalue weighted by molar-refractivity contribution is -0.146. The minimum absolute atomic E-state index is 0.332. The van der Waals surface area contributed by atoms with Crippen molar-refractivity contribution in [1.82, 2.24) is 4.98 Å². The molecule has 2 rings (SSSR count). The zero-order chi connectivity index (χ0) is 12.3. The summed E-state index contributed by atoms with van der Waals surface area (Å²) in [7, 11) is 0. The summed E-state index contributed by atoms with van der Waals surface area (Å²) in [5.74, 6) is -0.378. The Labute approximate surface area is 99.5 Å². The number of hydrogen-bond acceptors (Lipinski definition) is 5. The zero-order valence-electron chi connectivity index (χ0n) is 9.79. The smallest absolute Gasteiger partial charge is 0.335 e. The Kier molecular flexibility index (Phi) is 3.37. The fraction of sp³-hybridized carbons (Fsp3) is 0.417. The van der Waals surface area contributed by atoms with Gasteiger partial charge in [0.05, 0.1) is 12.3 Å². The van der Waals surface area contributed by atoms with Crippen LogP contribution in [0.15, 0.2) is 23.3 Å². The van der Waals surface area contributed by atoms with Crippen molar-refractivity contribution >= 4 is 12.4 Å². The normalized spacial score (nSPS) is 22.2. The maximum absolute atomic E-state index is 11.7. The number of ether oxygens (including phenoxy) is 2. The molecule has 0 amide bonds. The summed E-state index contributed by atoms with van der Waals surface area (Å²) in [5, 5.41) is 0. The largest absolute Gasteiger partial charge is 0.471 e. The van der Waals surface area contributed by atoms with E-state index in [1.54, 1.807) is 13.1 Å². The fourth-order valence-corrected chi connectivity index (χ4v) is 1.74. The van der Waals surface area contributed by atoms with Crippen molar-refractivity contribution in [1.29, 1.82) is 0 Å². The van der Waals surface area contributed by atoms with Gasteiger partial charge in [-0.2, -0.15) is 0 Å². The van der Waals surface area contributed by atoms with Gasteiger partial charge in [0.15, 0.2) is 18.5 Å². The number of aliphatic imine (C=N–C) groups is 1. The molecule has 0 radical (unpaired) electrons. The van der Waals surface area contributed by atoms with Crippen LogP contribution in [0.4, 0.5) is 0 Å². The van der Waals surface area contributed by atoms with E-state index in [1.807, 2.05) is 19.1 Å². The Morgan fingerprint density at radius 1 is 1.59 bits per heavy atom. The lowest BCUT2D eigenvalue weighted by Gasteiger charge is -2.16. The van der Waals surface area contributed by atoms with Gasteiger partial charge in [0.2, 0.25) is 0 Å². The van der Waals surface area contributed by atoms with Crippen LogP contribution in [0.5, 0.6) is 0 Å². The molecule has 0 aromatic carbocycles. The van der Waals surface area contributed by atoms with Crippen LogP contribution in [-0.2, 0) is 14.3 Å². The van der Waals surface area contributed by atoms with E-state index >= 15 is 0 Å². The first-order valence-corrected chi connectivity index (χ1v) is 5.49. The van der Waals surface area contributed by atoms with Crippen LogP contribution in [-0.4, -0.2) is 30.0 Å². The predicted molar refractivity (Wildman–Crippen MR) is 61.7 cm³/mol. The first-order valence-electron chi connectivity index (χ1n) is 5.49. The van der Waals surface area contributed by atoms with Crippen molar-refractivity contribution in [3.63, 3.8) is 0 Å². The highest BCUT2D eigenvalue weighted by atomic mass is 16.5. The van der Waals surface area contributed by atoms with Crippen molar-refractivity contribution in [3.05, 3.63) is 29.6 Å². The molecule has 0 spiro atoms. The van der Waals surface area contributed by atoms with E-state index in [1.165, 1.54) is 6.40 Å². The number of aromatic nitrogens is 1. The summed E-state index contributed by atoms with van der Waals surface area (Å²) in [6.07, 6.45) is 2.49. The number of hydrogen-bond donors (Lipinski definition) is 0. The van der Waals surface area contributed by atoms with Crippen LogP contribution in [0.25, 0.3) is 0 Å². The minimum atomic E-state index is -0.649. The van der Waals surface area contributed by atoms with Crippen LogP contribution in [0, 0.1) is 6.92 Å². The summed E-state index contributed by atoms with van der Waals surface area (Å²) < 4.78 is 10.3. The number of pyridine rings is 1. The molecule has 17 heavy (non-hydrogen) atoms. The van der Waals surface area contributed by atoms with Gasteiger partial charge in [-0.15, -0.1) is 0 Å². The van der Waals surface area contributed by atoms with E-state index in [0.717, 1.165) is 11.3 Å². The maximum atomic E-state index is 11.7. The van der Waals surface area contributed by atoms with E-state index in [2.05, 4.69) is 9.98 Å². The third-order valence-electron chi connectivity index (χ3n) is 2.56. The van der Waals surface area contributed by atoms with Crippen molar-refractivity contribution in [2.24, 2.45) is 4.99 Å². The third-order valence-corrected chi connectivity index (χ3v) is 2.56. The van der Waals surface area contributed by atoms with Crippen LogP contribution in [0.1, 0.15) is 24.3 Å². The van der Waals surface area contributed by atoms with Crippen LogP contribution in [0.3, 0.4) is 0 Å².